The average Bonchev–Trinajstić information content (AvgIpc) is 2.63. The molecule has 10 nitrogen and oxygen atoms in total. The maximum Gasteiger partial charge on any atom is 0.511 e. The van der Waals surface area contributed by atoms with Crippen LogP contribution in [0.25, 0.3) is 6.08 Å². The number of carbonyl (C=O) groups excluding carboxylic acids is 2. The van der Waals surface area contributed by atoms with E-state index in [0.717, 1.165) is 11.6 Å². The first kappa shape index (κ1) is 23.8. The number of benzene rings is 1. The van der Waals surface area contributed by atoms with Gasteiger partial charge in [0, 0.05) is 5.56 Å². The number of nitrogens with zero attached hydrogens (tertiary/aromatic N) is 1. The summed E-state index contributed by atoms with van der Waals surface area (Å²) in [4.78, 5) is 37.8. The molecule has 1 aromatic carbocycles. The third-order valence-electron chi connectivity index (χ3n) is 3.88. The van der Waals surface area contributed by atoms with Crippen LogP contribution in [0.2, 0.25) is 0 Å². The molecular weight excluding hydrogens is 431 g/mol. The van der Waals surface area contributed by atoms with Gasteiger partial charge >= 0.3 is 18.3 Å². The Bertz CT molecular complexity index is 898. The average molecular weight is 449 g/mol. The van der Waals surface area contributed by atoms with Gasteiger partial charge in [-0.05, 0) is 38.5 Å². The summed E-state index contributed by atoms with van der Waals surface area (Å²) in [5, 5.41) is 9.04. The van der Waals surface area contributed by atoms with Crippen LogP contribution in [-0.4, -0.2) is 49.0 Å². The fourth-order valence-electron chi connectivity index (χ4n) is 2.71. The lowest BCUT2D eigenvalue weighted by molar-refractivity contribution is -0.767. The lowest BCUT2D eigenvalue weighted by atomic mass is 9.97. The summed E-state index contributed by atoms with van der Waals surface area (Å²) in [6.07, 6.45) is -8.93. The number of carbonyl (C=O) groups is 2. The molecule has 0 aliphatic carbocycles. The summed E-state index contributed by atoms with van der Waals surface area (Å²) in [6, 6.07) is 3.19. The highest BCUT2D eigenvalue weighted by Crippen LogP contribution is 2.39. The highest BCUT2D eigenvalue weighted by atomic mass is 19.4. The smallest absolute Gasteiger partial charge is 0.475 e. The zero-order chi connectivity index (χ0) is 23.3. The van der Waals surface area contributed by atoms with Gasteiger partial charge in [0.25, 0.3) is 5.09 Å². The third-order valence-corrected chi connectivity index (χ3v) is 3.88. The Morgan fingerprint density at radius 1 is 1.23 bits per heavy atom. The van der Waals surface area contributed by atoms with Gasteiger partial charge in [0.15, 0.2) is 0 Å². The van der Waals surface area contributed by atoms with E-state index in [9.17, 15) is 32.9 Å². The zero-order valence-corrected chi connectivity index (χ0v) is 16.6. The lowest BCUT2D eigenvalue weighted by Crippen LogP contribution is -2.41. The normalized spacial score (nSPS) is 16.2. The van der Waals surface area contributed by atoms with E-state index in [2.05, 4.69) is 19.0 Å². The number of fused-ring (bicyclic) bond motifs is 1. The standard InChI is InChI=1S/C18H18F3NO9/c1-9-4-10(2)14-12(5-9)6-13(15(30-14)18(19,20)21)16(23)28-8-29-17(24)27-7-11(3)31-22(25)26/h4-6,11,15H,7-8H2,1-3H3/t11?,15-/m0/s1. The minimum Gasteiger partial charge on any atom is -0.475 e. The van der Waals surface area contributed by atoms with E-state index in [4.69, 9.17) is 4.74 Å². The largest absolute Gasteiger partial charge is 0.511 e. The van der Waals surface area contributed by atoms with Gasteiger partial charge in [-0.25, -0.2) is 9.59 Å². The number of alkyl halides is 3. The van der Waals surface area contributed by atoms with Crippen molar-refractivity contribution in [3.05, 3.63) is 44.5 Å². The minimum atomic E-state index is -4.91. The Morgan fingerprint density at radius 3 is 2.52 bits per heavy atom. The SMILES string of the molecule is Cc1cc(C)c2c(c1)C=C(C(=O)OCOC(=O)OCC(C)O[N+](=O)[O-])[C@@H](C(F)(F)F)O2. The van der Waals surface area contributed by atoms with Gasteiger partial charge in [-0.2, -0.15) is 13.2 Å². The van der Waals surface area contributed by atoms with E-state index in [1.807, 2.05) is 0 Å². The molecule has 0 aromatic heterocycles. The van der Waals surface area contributed by atoms with E-state index in [-0.39, 0.29) is 11.3 Å². The van der Waals surface area contributed by atoms with Crippen LogP contribution in [0.5, 0.6) is 5.75 Å². The topological polar surface area (TPSA) is 123 Å². The Hall–Kier alpha value is -3.51. The monoisotopic (exact) mass is 449 g/mol. The molecule has 1 aliphatic rings. The molecule has 0 bridgehead atoms. The number of ether oxygens (including phenoxy) is 4. The molecular formula is C18H18F3NO9. The number of hydrogen-bond acceptors (Lipinski definition) is 9. The van der Waals surface area contributed by atoms with Crippen LogP contribution < -0.4 is 4.74 Å². The van der Waals surface area contributed by atoms with Gasteiger partial charge in [-0.1, -0.05) is 11.6 Å². The van der Waals surface area contributed by atoms with Gasteiger partial charge in [0.1, 0.15) is 18.5 Å². The van der Waals surface area contributed by atoms with Gasteiger partial charge < -0.3 is 23.8 Å². The maximum absolute atomic E-state index is 13.4. The fourth-order valence-corrected chi connectivity index (χ4v) is 2.71. The van der Waals surface area contributed by atoms with E-state index >= 15 is 0 Å². The second-order valence-corrected chi connectivity index (χ2v) is 6.53. The van der Waals surface area contributed by atoms with Crippen LogP contribution >= 0.6 is 0 Å². The van der Waals surface area contributed by atoms with Crippen molar-refractivity contribution in [1.29, 1.82) is 0 Å². The summed E-state index contributed by atoms with van der Waals surface area (Å²) in [5.41, 5.74) is 0.657. The van der Waals surface area contributed by atoms with Crippen LogP contribution in [0.3, 0.4) is 0 Å². The van der Waals surface area contributed by atoms with Crippen molar-refractivity contribution in [2.45, 2.75) is 39.2 Å². The van der Waals surface area contributed by atoms with Crippen molar-refractivity contribution in [2.24, 2.45) is 0 Å². The highest BCUT2D eigenvalue weighted by molar-refractivity contribution is 5.96. The molecule has 170 valence electrons. The van der Waals surface area contributed by atoms with Gasteiger partial charge in [-0.15, -0.1) is 10.1 Å². The summed E-state index contributed by atoms with van der Waals surface area (Å²) >= 11 is 0. The first-order valence-corrected chi connectivity index (χ1v) is 8.72. The van der Waals surface area contributed by atoms with Crippen molar-refractivity contribution in [3.8, 4) is 5.75 Å². The molecule has 0 fully saturated rings. The van der Waals surface area contributed by atoms with Crippen molar-refractivity contribution in [2.75, 3.05) is 13.4 Å². The Morgan fingerprint density at radius 2 is 1.90 bits per heavy atom. The lowest BCUT2D eigenvalue weighted by Gasteiger charge is -2.29. The van der Waals surface area contributed by atoms with Gasteiger partial charge in [0.2, 0.25) is 12.9 Å². The van der Waals surface area contributed by atoms with Crippen LogP contribution in [-0.2, 0) is 23.8 Å². The highest BCUT2D eigenvalue weighted by Gasteiger charge is 2.49. The molecule has 2 rings (SSSR count). The second-order valence-electron chi connectivity index (χ2n) is 6.53. The summed E-state index contributed by atoms with van der Waals surface area (Å²) in [5.74, 6) is -1.42. The quantitative estimate of drug-likeness (QED) is 0.267. The third kappa shape index (κ3) is 6.49. The molecule has 0 spiro atoms. The first-order valence-electron chi connectivity index (χ1n) is 8.72. The van der Waals surface area contributed by atoms with Crippen LogP contribution in [0.15, 0.2) is 17.7 Å². The fraction of sp³-hybridized carbons (Fsp3) is 0.444. The van der Waals surface area contributed by atoms with E-state index in [0.29, 0.717) is 5.56 Å². The molecule has 1 heterocycles. The number of rotatable bonds is 7. The van der Waals surface area contributed by atoms with E-state index in [1.54, 1.807) is 26.0 Å². The molecule has 1 aromatic rings. The van der Waals surface area contributed by atoms with E-state index in [1.165, 1.54) is 6.92 Å². The number of halogens is 3. The summed E-state index contributed by atoms with van der Waals surface area (Å²) in [7, 11) is 0. The summed E-state index contributed by atoms with van der Waals surface area (Å²) < 4.78 is 58.8. The van der Waals surface area contributed by atoms with Crippen molar-refractivity contribution in [1.82, 2.24) is 0 Å². The zero-order valence-electron chi connectivity index (χ0n) is 16.6. The van der Waals surface area contributed by atoms with Gasteiger partial charge in [-0.3, -0.25) is 0 Å². The molecule has 0 radical (unpaired) electrons. The van der Waals surface area contributed by atoms with Crippen molar-refractivity contribution < 1.29 is 51.6 Å². The van der Waals surface area contributed by atoms with Crippen LogP contribution in [0.1, 0.15) is 23.6 Å². The first-order chi connectivity index (χ1) is 14.4. The molecule has 0 N–H and O–H groups in total. The Labute approximate surface area is 173 Å². The molecule has 1 unspecified atom stereocenters. The summed E-state index contributed by atoms with van der Waals surface area (Å²) in [6.45, 7) is 2.95. The molecule has 0 saturated heterocycles. The Kier molecular flexibility index (Phi) is 7.31. The van der Waals surface area contributed by atoms with Crippen molar-refractivity contribution >= 4 is 18.2 Å². The van der Waals surface area contributed by atoms with Gasteiger partial charge in [0.05, 0.1) is 5.57 Å². The van der Waals surface area contributed by atoms with Crippen LogP contribution in [0, 0.1) is 24.0 Å². The van der Waals surface area contributed by atoms with E-state index < -0.39 is 54.6 Å². The Balaban J connectivity index is 2.02. The van der Waals surface area contributed by atoms with Crippen molar-refractivity contribution in [3.63, 3.8) is 0 Å². The molecule has 0 amide bonds. The molecule has 0 saturated carbocycles. The number of esters is 1. The predicted molar refractivity (Wildman–Crippen MR) is 95.3 cm³/mol. The molecule has 2 atom stereocenters. The molecule has 13 heteroatoms. The minimum absolute atomic E-state index is 0.00429. The number of hydrogen-bond donors (Lipinski definition) is 0. The predicted octanol–water partition coefficient (Wildman–Crippen LogP) is 3.26. The van der Waals surface area contributed by atoms with Crippen LogP contribution in [0.4, 0.5) is 18.0 Å². The molecule has 31 heavy (non-hydrogen) atoms. The second kappa shape index (κ2) is 9.53. The maximum atomic E-state index is 13.4. The molecule has 1 aliphatic heterocycles. The number of aryl methyl sites for hydroxylation is 2.